The predicted molar refractivity (Wildman–Crippen MR) is 93.1 cm³/mol. The lowest BCUT2D eigenvalue weighted by atomic mass is 10.2. The third-order valence-corrected chi connectivity index (χ3v) is 3.90. The van der Waals surface area contributed by atoms with Crippen LogP contribution in [0.25, 0.3) is 0 Å². The van der Waals surface area contributed by atoms with E-state index in [1.165, 1.54) is 16.3 Å². The SMILES string of the molecule is CC(C)Cn1c(SCc2nc(N)nc(N(C)C)n2)nc(O)cc1=O. The summed E-state index contributed by atoms with van der Waals surface area (Å²) in [5.41, 5.74) is 5.41. The molecule has 24 heavy (non-hydrogen) atoms. The van der Waals surface area contributed by atoms with E-state index in [0.29, 0.717) is 29.2 Å². The fourth-order valence-electron chi connectivity index (χ4n) is 1.94. The van der Waals surface area contributed by atoms with Gasteiger partial charge in [0.25, 0.3) is 5.56 Å². The lowest BCUT2D eigenvalue weighted by molar-refractivity contribution is 0.416. The molecule has 0 amide bonds. The second-order valence-electron chi connectivity index (χ2n) is 5.83. The van der Waals surface area contributed by atoms with Gasteiger partial charge in [0.05, 0.1) is 11.8 Å². The molecule has 10 heteroatoms. The average molecular weight is 351 g/mol. The summed E-state index contributed by atoms with van der Waals surface area (Å²) in [7, 11) is 3.62. The zero-order valence-corrected chi connectivity index (χ0v) is 14.9. The van der Waals surface area contributed by atoms with Crippen molar-refractivity contribution in [3.05, 3.63) is 22.2 Å². The van der Waals surface area contributed by atoms with E-state index >= 15 is 0 Å². The fourth-order valence-corrected chi connectivity index (χ4v) is 2.80. The minimum atomic E-state index is -0.299. The van der Waals surface area contributed by atoms with E-state index in [-0.39, 0.29) is 23.3 Å². The van der Waals surface area contributed by atoms with Crippen LogP contribution in [0.3, 0.4) is 0 Å². The van der Waals surface area contributed by atoms with E-state index in [2.05, 4.69) is 19.9 Å². The molecule has 0 aromatic carbocycles. The number of hydrogen-bond donors (Lipinski definition) is 2. The summed E-state index contributed by atoms with van der Waals surface area (Å²) in [4.78, 5) is 30.3. The topological polar surface area (TPSA) is 123 Å². The van der Waals surface area contributed by atoms with E-state index in [9.17, 15) is 9.90 Å². The molecule has 0 aliphatic carbocycles. The van der Waals surface area contributed by atoms with Crippen molar-refractivity contribution in [3.63, 3.8) is 0 Å². The number of aromatic nitrogens is 5. The van der Waals surface area contributed by atoms with Crippen LogP contribution in [0, 0.1) is 5.92 Å². The van der Waals surface area contributed by atoms with Crippen LogP contribution in [-0.4, -0.2) is 43.7 Å². The van der Waals surface area contributed by atoms with Crippen LogP contribution in [0.4, 0.5) is 11.9 Å². The quantitative estimate of drug-likeness (QED) is 0.572. The monoisotopic (exact) mass is 351 g/mol. The molecule has 0 aliphatic heterocycles. The molecule has 2 rings (SSSR count). The van der Waals surface area contributed by atoms with Crippen molar-refractivity contribution in [2.45, 2.75) is 31.3 Å². The largest absolute Gasteiger partial charge is 0.493 e. The van der Waals surface area contributed by atoms with Crippen LogP contribution >= 0.6 is 11.8 Å². The van der Waals surface area contributed by atoms with Gasteiger partial charge in [0, 0.05) is 20.6 Å². The minimum absolute atomic E-state index is 0.132. The van der Waals surface area contributed by atoms with Gasteiger partial charge in [-0.2, -0.15) is 19.9 Å². The third kappa shape index (κ3) is 4.57. The van der Waals surface area contributed by atoms with Gasteiger partial charge in [0.15, 0.2) is 5.16 Å². The summed E-state index contributed by atoms with van der Waals surface area (Å²) in [6.07, 6.45) is 0. The van der Waals surface area contributed by atoms with Gasteiger partial charge in [-0.05, 0) is 5.92 Å². The van der Waals surface area contributed by atoms with E-state index in [4.69, 9.17) is 5.73 Å². The number of nitrogens with two attached hydrogens (primary N) is 1. The van der Waals surface area contributed by atoms with E-state index in [0.717, 1.165) is 6.07 Å². The molecule has 0 aliphatic rings. The van der Waals surface area contributed by atoms with Gasteiger partial charge < -0.3 is 15.7 Å². The highest BCUT2D eigenvalue weighted by atomic mass is 32.2. The molecule has 0 fully saturated rings. The van der Waals surface area contributed by atoms with Crippen LogP contribution in [0.2, 0.25) is 0 Å². The van der Waals surface area contributed by atoms with Crippen molar-refractivity contribution in [1.29, 1.82) is 0 Å². The van der Waals surface area contributed by atoms with Crippen LogP contribution in [0.1, 0.15) is 19.7 Å². The molecular formula is C14H21N7O2S. The molecular weight excluding hydrogens is 330 g/mol. The Morgan fingerprint density at radius 1 is 1.29 bits per heavy atom. The predicted octanol–water partition coefficient (Wildman–Crippen LogP) is 0.730. The molecule has 0 spiro atoms. The molecule has 0 bridgehead atoms. The number of rotatable bonds is 6. The lowest BCUT2D eigenvalue weighted by Crippen LogP contribution is -2.24. The summed E-state index contributed by atoms with van der Waals surface area (Å²) in [6, 6.07) is 1.11. The standard InChI is InChI=1S/C14H21N7O2S/c1-8(2)6-21-11(23)5-10(22)18-14(21)24-7-9-16-12(15)19-13(17-9)20(3)4/h5,8,22H,6-7H2,1-4H3,(H2,15,16,17,19). The first kappa shape index (κ1) is 18.0. The number of hydrogen-bond acceptors (Lipinski definition) is 9. The molecule has 2 aromatic heterocycles. The van der Waals surface area contributed by atoms with Gasteiger partial charge in [-0.15, -0.1) is 0 Å². The molecule has 0 saturated heterocycles. The van der Waals surface area contributed by atoms with Crippen LogP contribution < -0.4 is 16.2 Å². The number of nitrogens with zero attached hydrogens (tertiary/aromatic N) is 6. The molecule has 0 radical (unpaired) electrons. The van der Waals surface area contributed by atoms with Crippen molar-refractivity contribution in [2.24, 2.45) is 5.92 Å². The molecule has 0 unspecified atom stereocenters. The summed E-state index contributed by atoms with van der Waals surface area (Å²) in [5, 5.41) is 10.0. The van der Waals surface area contributed by atoms with Crippen LogP contribution in [-0.2, 0) is 12.3 Å². The average Bonchev–Trinajstić information content (AvgIpc) is 2.47. The molecule has 2 aromatic rings. The Bertz CT molecular complexity index is 776. The van der Waals surface area contributed by atoms with E-state index < -0.39 is 0 Å². The summed E-state index contributed by atoms with van der Waals surface area (Å²) in [5.74, 6) is 1.38. The lowest BCUT2D eigenvalue weighted by Gasteiger charge is -2.14. The van der Waals surface area contributed by atoms with Gasteiger partial charge in [0.1, 0.15) is 5.82 Å². The highest BCUT2D eigenvalue weighted by molar-refractivity contribution is 7.98. The Kier molecular flexibility index (Phi) is 5.60. The maximum absolute atomic E-state index is 12.1. The van der Waals surface area contributed by atoms with Crippen molar-refractivity contribution in [2.75, 3.05) is 24.7 Å². The maximum atomic E-state index is 12.1. The van der Waals surface area contributed by atoms with Crippen molar-refractivity contribution in [1.82, 2.24) is 24.5 Å². The van der Waals surface area contributed by atoms with E-state index in [1.807, 2.05) is 27.9 Å². The fraction of sp³-hybridized carbons (Fsp3) is 0.500. The number of aromatic hydroxyl groups is 1. The molecule has 3 N–H and O–H groups in total. The highest BCUT2D eigenvalue weighted by Crippen LogP contribution is 2.21. The Morgan fingerprint density at radius 2 is 2.00 bits per heavy atom. The maximum Gasteiger partial charge on any atom is 0.257 e. The molecule has 9 nitrogen and oxygen atoms in total. The number of nitrogen functional groups attached to an aromatic ring is 1. The van der Waals surface area contributed by atoms with Crippen molar-refractivity contribution >= 4 is 23.7 Å². The van der Waals surface area contributed by atoms with E-state index in [1.54, 1.807) is 4.90 Å². The number of anilines is 2. The summed E-state index contributed by atoms with van der Waals surface area (Å²) >= 11 is 1.26. The first-order chi connectivity index (χ1) is 11.3. The summed E-state index contributed by atoms with van der Waals surface area (Å²) < 4.78 is 1.53. The van der Waals surface area contributed by atoms with Crippen LogP contribution in [0.15, 0.2) is 16.0 Å². The molecule has 0 saturated carbocycles. The Labute approximate surface area is 144 Å². The first-order valence-electron chi connectivity index (χ1n) is 7.37. The number of thioether (sulfide) groups is 1. The smallest absolute Gasteiger partial charge is 0.257 e. The highest BCUT2D eigenvalue weighted by Gasteiger charge is 2.13. The third-order valence-electron chi connectivity index (χ3n) is 2.93. The van der Waals surface area contributed by atoms with Crippen molar-refractivity contribution < 1.29 is 5.11 Å². The van der Waals surface area contributed by atoms with Gasteiger partial charge in [-0.25, -0.2) is 0 Å². The summed E-state index contributed by atoms with van der Waals surface area (Å²) in [6.45, 7) is 4.52. The van der Waals surface area contributed by atoms with Crippen molar-refractivity contribution in [3.8, 4) is 5.88 Å². The Hall–Kier alpha value is -2.36. The van der Waals surface area contributed by atoms with Gasteiger partial charge in [-0.3, -0.25) is 9.36 Å². The Morgan fingerprint density at radius 3 is 2.62 bits per heavy atom. The zero-order chi connectivity index (χ0) is 17.9. The van der Waals surface area contributed by atoms with Gasteiger partial charge in [0.2, 0.25) is 17.8 Å². The molecule has 130 valence electrons. The van der Waals surface area contributed by atoms with Gasteiger partial charge >= 0.3 is 0 Å². The second-order valence-corrected chi connectivity index (χ2v) is 6.78. The molecule has 0 atom stereocenters. The second kappa shape index (κ2) is 7.47. The normalized spacial score (nSPS) is 11.0. The minimum Gasteiger partial charge on any atom is -0.493 e. The molecule has 2 heterocycles. The van der Waals surface area contributed by atoms with Gasteiger partial charge in [-0.1, -0.05) is 25.6 Å². The van der Waals surface area contributed by atoms with Crippen LogP contribution in [0.5, 0.6) is 5.88 Å². The first-order valence-corrected chi connectivity index (χ1v) is 8.36. The zero-order valence-electron chi connectivity index (χ0n) is 14.1. The Balaban J connectivity index is 2.27.